The number of allylic oxidation sites excluding steroid dienone is 4. The largest absolute Gasteiger partial charge is 0.459 e. The van der Waals surface area contributed by atoms with E-state index in [0.717, 1.165) is 43.7 Å². The third-order valence-corrected chi connectivity index (χ3v) is 22.6. The fourth-order valence-electron chi connectivity index (χ4n) is 14.0. The highest BCUT2D eigenvalue weighted by Gasteiger charge is 2.70. The Hall–Kier alpha value is -11.6. The van der Waals surface area contributed by atoms with E-state index in [-0.39, 0.29) is 70.3 Å². The fraction of sp³-hybridized carbons (Fsp3) is 0.0732. The Bertz CT molecular complexity index is 5540. The number of carbonyl (C=O) groups excluding carboxylic acids is 8. The van der Waals surface area contributed by atoms with E-state index < -0.39 is 63.4 Å². The second-order valence-corrected chi connectivity index (χ2v) is 27.5. The van der Waals surface area contributed by atoms with Crippen LogP contribution in [0, 0.1) is 5.41 Å². The molecule has 0 saturated carbocycles. The third kappa shape index (κ3) is 9.43. The Kier molecular flexibility index (Phi) is 14.1. The minimum Gasteiger partial charge on any atom is -0.459 e. The number of thiophene rings is 3. The van der Waals surface area contributed by atoms with Crippen molar-refractivity contribution >= 4 is 155 Å². The van der Waals surface area contributed by atoms with E-state index in [4.69, 9.17) is 18.9 Å². The number of carbonyl (C=O) groups is 8. The molecule has 0 fully saturated rings. The highest BCUT2D eigenvalue weighted by atomic mass is 32.1. The van der Waals surface area contributed by atoms with Crippen LogP contribution in [-0.2, 0) is 70.0 Å². The van der Waals surface area contributed by atoms with Crippen LogP contribution in [0.4, 0.5) is 0 Å². The van der Waals surface area contributed by atoms with E-state index in [9.17, 15) is 9.59 Å². The number of hydrogen-bond donors (Lipinski definition) is 0. The molecule has 0 radical (unpaired) electrons. The number of ketones is 4. The van der Waals surface area contributed by atoms with Crippen molar-refractivity contribution in [3.05, 3.63) is 319 Å². The van der Waals surface area contributed by atoms with Crippen molar-refractivity contribution < 1.29 is 57.3 Å². The SMILES string of the molecule is O=C1C(=CC2=CC3=C(c4sc5c(sc6cc(C=C7C(=O)c8cc9cc%10ccccc%10cc9cc8C7=O)sc65)c4C3(C(=O)OCc3ccccc3)C(=O)OCc3ccccc3)C2(C(=O)OCc2ccccc2)C(=O)OCc2ccccc2)C(=O)c2cc3cc4ccccc4cc3cc21. The van der Waals surface area contributed by atoms with Crippen molar-refractivity contribution in [1.29, 1.82) is 0 Å². The van der Waals surface area contributed by atoms with Gasteiger partial charge in [0.25, 0.3) is 0 Å². The van der Waals surface area contributed by atoms with Gasteiger partial charge < -0.3 is 18.9 Å². The standard InChI is InChI=1S/C82H48O12S3/c83-69-59-33-53-29-49-25-13-14-26-50(49)30-54(53)34-60(59)70(84)63(69)37-57-38-65-67(81(57,77(87)91-41-45-17-5-1-6-18-45)78(88)92-42-46-19-7-2-8-20-46)74-68(82(65,79(89)93-43-47-21-9-3-10-22-47)80(90)94-44-48-23-11-4-12-24-48)75-76(97-74)73-66(96-75)40-58(95-73)39-64-71(85)61-35-55-31-51-27-15-16-28-52(51)32-56(55)36-62(61)72(64)86/h1-40H,41-44H2. The lowest BCUT2D eigenvalue weighted by molar-refractivity contribution is -0.167. The highest BCUT2D eigenvalue weighted by Crippen LogP contribution is 2.67. The lowest BCUT2D eigenvalue weighted by Crippen LogP contribution is -2.46. The number of benzene rings is 10. The zero-order valence-corrected chi connectivity index (χ0v) is 53.5. The van der Waals surface area contributed by atoms with Gasteiger partial charge in [-0.15, -0.1) is 34.0 Å². The summed E-state index contributed by atoms with van der Waals surface area (Å²) in [5, 5.41) is 6.84. The summed E-state index contributed by atoms with van der Waals surface area (Å²) in [4.78, 5) is 126. The summed E-state index contributed by atoms with van der Waals surface area (Å²) in [6, 6.07) is 67.5. The van der Waals surface area contributed by atoms with Crippen LogP contribution in [-0.4, -0.2) is 47.0 Å². The van der Waals surface area contributed by atoms with Gasteiger partial charge >= 0.3 is 23.9 Å². The first-order chi connectivity index (χ1) is 47.3. The van der Waals surface area contributed by atoms with Crippen LogP contribution in [0.2, 0.25) is 0 Å². The van der Waals surface area contributed by atoms with Gasteiger partial charge in [-0.3, -0.25) is 38.4 Å². The lowest BCUT2D eigenvalue weighted by Gasteiger charge is -2.30. The Labute approximate surface area is 564 Å². The summed E-state index contributed by atoms with van der Waals surface area (Å²) in [7, 11) is 0. The molecule has 4 aliphatic rings. The molecule has 0 unspecified atom stereocenters. The number of hydrogen-bond acceptors (Lipinski definition) is 15. The number of fused-ring (bicyclic) bond motifs is 12. The monoisotopic (exact) mass is 1320 g/mol. The van der Waals surface area contributed by atoms with Crippen LogP contribution in [0.15, 0.2) is 259 Å². The van der Waals surface area contributed by atoms with Crippen molar-refractivity contribution in [2.24, 2.45) is 5.41 Å². The van der Waals surface area contributed by atoms with Gasteiger partial charge in [0.1, 0.15) is 26.4 Å². The molecule has 466 valence electrons. The molecular weight excluding hydrogens is 1270 g/mol. The minimum atomic E-state index is -2.81. The molecule has 0 saturated heterocycles. The van der Waals surface area contributed by atoms with Crippen LogP contribution in [0.3, 0.4) is 0 Å². The van der Waals surface area contributed by atoms with Crippen LogP contribution >= 0.6 is 34.0 Å². The number of rotatable bonds is 14. The quantitative estimate of drug-likeness (QED) is 0.0252. The number of ether oxygens (including phenoxy) is 4. The van der Waals surface area contributed by atoms with E-state index in [2.05, 4.69) is 0 Å². The molecule has 12 nitrogen and oxygen atoms in total. The Morgan fingerprint density at radius 3 is 1.08 bits per heavy atom. The first-order valence-corrected chi connectivity index (χ1v) is 33.7. The van der Waals surface area contributed by atoms with Crippen LogP contribution < -0.4 is 0 Å². The summed E-state index contributed by atoms with van der Waals surface area (Å²) in [6.07, 6.45) is 4.15. The summed E-state index contributed by atoms with van der Waals surface area (Å²) in [5.41, 5.74) is -3.47. The van der Waals surface area contributed by atoms with Gasteiger partial charge in [0.15, 0.2) is 23.1 Å². The molecule has 0 aliphatic heterocycles. The minimum absolute atomic E-state index is 0.0135. The average molecular weight is 1320 g/mol. The molecule has 0 atom stereocenters. The maximum atomic E-state index is 16.5. The van der Waals surface area contributed by atoms with E-state index in [1.807, 2.05) is 78.9 Å². The van der Waals surface area contributed by atoms with Crippen molar-refractivity contribution in [2.75, 3.05) is 0 Å². The van der Waals surface area contributed by atoms with E-state index in [0.29, 0.717) is 67.8 Å². The van der Waals surface area contributed by atoms with Crippen LogP contribution in [0.1, 0.15) is 79.0 Å². The molecule has 0 amide bonds. The Balaban J connectivity index is 0.885. The smallest absolute Gasteiger partial charge is 0.333 e. The van der Waals surface area contributed by atoms with Crippen molar-refractivity contribution in [3.63, 3.8) is 0 Å². The van der Waals surface area contributed by atoms with Gasteiger partial charge in [-0.2, -0.15) is 0 Å². The molecule has 0 spiro atoms. The molecule has 97 heavy (non-hydrogen) atoms. The first-order valence-electron chi connectivity index (χ1n) is 31.2. The number of esters is 4. The maximum Gasteiger partial charge on any atom is 0.333 e. The van der Waals surface area contributed by atoms with Crippen molar-refractivity contribution in [2.45, 2.75) is 31.8 Å². The predicted molar refractivity (Wildman–Crippen MR) is 375 cm³/mol. The highest BCUT2D eigenvalue weighted by molar-refractivity contribution is 7.39. The Morgan fingerprint density at radius 2 is 0.701 bits per heavy atom. The molecule has 3 aromatic heterocycles. The van der Waals surface area contributed by atoms with Crippen LogP contribution in [0.5, 0.6) is 0 Å². The van der Waals surface area contributed by atoms with Gasteiger partial charge in [0.2, 0.25) is 10.8 Å². The zero-order valence-electron chi connectivity index (χ0n) is 51.0. The Morgan fingerprint density at radius 1 is 0.351 bits per heavy atom. The van der Waals surface area contributed by atoms with Gasteiger partial charge in [-0.05, 0) is 143 Å². The summed E-state index contributed by atoms with van der Waals surface area (Å²) >= 11 is 3.61. The van der Waals surface area contributed by atoms with Crippen LogP contribution in [0.25, 0.3) is 73.5 Å². The molecule has 17 rings (SSSR count). The lowest BCUT2D eigenvalue weighted by atomic mass is 9.75. The van der Waals surface area contributed by atoms with Crippen molar-refractivity contribution in [3.8, 4) is 0 Å². The second kappa shape index (κ2) is 23.1. The van der Waals surface area contributed by atoms with E-state index in [1.54, 1.807) is 152 Å². The topological polar surface area (TPSA) is 173 Å². The van der Waals surface area contributed by atoms with E-state index in [1.165, 1.54) is 34.8 Å². The number of Topliss-reactive ketones (excluding diaryl/α,β-unsaturated/α-hetero) is 4. The summed E-state index contributed by atoms with van der Waals surface area (Å²) < 4.78 is 27.8. The van der Waals surface area contributed by atoms with Gasteiger partial charge in [0, 0.05) is 47.8 Å². The second-order valence-electron chi connectivity index (χ2n) is 24.4. The maximum absolute atomic E-state index is 16.5. The van der Waals surface area contributed by atoms with Gasteiger partial charge in [-0.1, -0.05) is 176 Å². The molecular formula is C82H48O12S3. The molecule has 0 bridgehead atoms. The van der Waals surface area contributed by atoms with Gasteiger partial charge in [-0.25, -0.2) is 0 Å². The fourth-order valence-corrected chi connectivity index (χ4v) is 18.4. The van der Waals surface area contributed by atoms with E-state index >= 15 is 28.8 Å². The molecule has 4 aliphatic carbocycles. The molecule has 13 aromatic rings. The molecule has 15 heteroatoms. The zero-order chi connectivity index (χ0) is 65.8. The molecule has 10 aromatic carbocycles. The molecule has 0 N–H and O–H groups in total. The predicted octanol–water partition coefficient (Wildman–Crippen LogP) is 17.2. The van der Waals surface area contributed by atoms with Crippen molar-refractivity contribution in [1.82, 2.24) is 0 Å². The summed E-state index contributed by atoms with van der Waals surface area (Å²) in [6.45, 7) is -1.42. The normalized spacial score (nSPS) is 14.9. The third-order valence-electron chi connectivity index (χ3n) is 18.7. The van der Waals surface area contributed by atoms with Gasteiger partial charge in [0.05, 0.1) is 25.2 Å². The molecule has 3 heterocycles. The average Bonchev–Trinajstić information content (AvgIpc) is 1.49. The first kappa shape index (κ1) is 59.1. The summed E-state index contributed by atoms with van der Waals surface area (Å²) in [5.74, 6) is -6.86.